The van der Waals surface area contributed by atoms with Gasteiger partial charge in [-0.1, -0.05) is 6.92 Å². The molecule has 0 saturated carbocycles. The van der Waals surface area contributed by atoms with Gasteiger partial charge in [0.1, 0.15) is 12.1 Å². The van der Waals surface area contributed by atoms with Crippen molar-refractivity contribution < 1.29 is 19.2 Å². The van der Waals surface area contributed by atoms with E-state index >= 15 is 0 Å². The molecule has 1 heterocycles. The molecule has 1 rings (SSSR count). The quantitative estimate of drug-likeness (QED) is 0.435. The summed E-state index contributed by atoms with van der Waals surface area (Å²) in [5, 5.41) is 6.86. The van der Waals surface area contributed by atoms with Gasteiger partial charge in [0.2, 0.25) is 5.91 Å². The second-order valence-electron chi connectivity index (χ2n) is 5.23. The summed E-state index contributed by atoms with van der Waals surface area (Å²) in [4.78, 5) is 40.0. The van der Waals surface area contributed by atoms with E-state index in [4.69, 9.17) is 5.90 Å². The third-order valence-corrected chi connectivity index (χ3v) is 3.70. The lowest BCUT2D eigenvalue weighted by molar-refractivity contribution is -0.153. The van der Waals surface area contributed by atoms with Crippen molar-refractivity contribution in [1.82, 2.24) is 21.1 Å². The molecule has 1 aliphatic rings. The first-order valence-electron chi connectivity index (χ1n) is 7.40. The highest BCUT2D eigenvalue weighted by atomic mass is 16.7. The summed E-state index contributed by atoms with van der Waals surface area (Å²) >= 11 is 0. The number of hydrogen-bond donors (Lipinski definition) is 4. The van der Waals surface area contributed by atoms with Crippen LogP contribution in [0.5, 0.6) is 0 Å². The van der Waals surface area contributed by atoms with Crippen LogP contribution in [0.2, 0.25) is 0 Å². The lowest BCUT2D eigenvalue weighted by Gasteiger charge is -2.34. The molecule has 0 aliphatic carbocycles. The number of carbonyl (C=O) groups is 3. The zero-order chi connectivity index (χ0) is 16.7. The maximum atomic E-state index is 12.5. The Balaban J connectivity index is 2.66. The van der Waals surface area contributed by atoms with Crippen molar-refractivity contribution in [2.75, 3.05) is 13.6 Å². The molecule has 1 saturated heterocycles. The highest BCUT2D eigenvalue weighted by Crippen LogP contribution is 2.10. The summed E-state index contributed by atoms with van der Waals surface area (Å²) in [6.07, 6.45) is 1.64. The smallest absolute Gasteiger partial charge is 0.343 e. The Hall–Kier alpha value is -1.71. The van der Waals surface area contributed by atoms with Crippen molar-refractivity contribution in [3.05, 3.63) is 0 Å². The number of nitrogens with zero attached hydrogens (tertiary/aromatic N) is 1. The normalized spacial score (nSPS) is 20.9. The fourth-order valence-electron chi connectivity index (χ4n) is 2.15. The van der Waals surface area contributed by atoms with Crippen LogP contribution in [0.15, 0.2) is 0 Å². The topological polar surface area (TPSA) is 126 Å². The van der Waals surface area contributed by atoms with Crippen LogP contribution in [0.4, 0.5) is 0 Å². The van der Waals surface area contributed by atoms with Gasteiger partial charge >= 0.3 is 5.97 Å². The molecule has 9 nitrogen and oxygen atoms in total. The van der Waals surface area contributed by atoms with Gasteiger partial charge in [-0.15, -0.1) is 0 Å². The van der Waals surface area contributed by atoms with Crippen LogP contribution in [-0.4, -0.2) is 54.5 Å². The number of hydrogen-bond acceptors (Lipinski definition) is 7. The molecule has 3 atom stereocenters. The largest absolute Gasteiger partial charge is 0.372 e. The van der Waals surface area contributed by atoms with Gasteiger partial charge in [-0.2, -0.15) is 5.90 Å². The molecule has 1 fully saturated rings. The first kappa shape index (κ1) is 18.3. The number of rotatable bonds is 6. The van der Waals surface area contributed by atoms with Crippen molar-refractivity contribution in [1.29, 1.82) is 0 Å². The molecule has 0 aromatic heterocycles. The molecule has 22 heavy (non-hydrogen) atoms. The molecule has 3 unspecified atom stereocenters. The Bertz CT molecular complexity index is 417. The average Bonchev–Trinajstić information content (AvgIpc) is 2.57. The van der Waals surface area contributed by atoms with Crippen LogP contribution < -0.4 is 22.0 Å². The lowest BCUT2D eigenvalue weighted by atomic mass is 10.1. The molecular weight excluding hydrogens is 290 g/mol. The van der Waals surface area contributed by atoms with E-state index in [9.17, 15) is 14.4 Å². The predicted molar refractivity (Wildman–Crippen MR) is 78.9 cm³/mol. The molecule has 0 radical (unpaired) electrons. The summed E-state index contributed by atoms with van der Waals surface area (Å²) in [7, 11) is 1.67. The van der Waals surface area contributed by atoms with Crippen molar-refractivity contribution in [3.8, 4) is 0 Å². The number of carbonyl (C=O) groups excluding carboxylic acids is 3. The maximum absolute atomic E-state index is 12.5. The van der Waals surface area contributed by atoms with E-state index in [1.54, 1.807) is 14.0 Å². The minimum atomic E-state index is -0.650. The number of hydrazine groups is 1. The van der Waals surface area contributed by atoms with Crippen LogP contribution in [0.1, 0.15) is 33.1 Å². The predicted octanol–water partition coefficient (Wildman–Crippen LogP) is -1.60. The van der Waals surface area contributed by atoms with Gasteiger partial charge in [0, 0.05) is 6.54 Å². The van der Waals surface area contributed by atoms with Crippen LogP contribution in [-0.2, 0) is 19.2 Å². The number of likely N-dealkylation sites (N-methyl/N-ethyl adjacent to an activating group) is 1. The second kappa shape index (κ2) is 8.66. The standard InChI is InChI=1S/C13H25N5O4/c1-4-9(16-11(19)8(2)15-3)12(20)18-7-5-6-10(17-18)13(21)22-14/h8-10,15,17H,4-7,14H2,1-3H3,(H,16,19). The van der Waals surface area contributed by atoms with Gasteiger partial charge in [0.05, 0.1) is 6.04 Å². The third kappa shape index (κ3) is 4.65. The first-order chi connectivity index (χ1) is 10.4. The molecule has 0 spiro atoms. The summed E-state index contributed by atoms with van der Waals surface area (Å²) < 4.78 is 0. The minimum Gasteiger partial charge on any atom is -0.372 e. The van der Waals surface area contributed by atoms with Crippen molar-refractivity contribution in [2.24, 2.45) is 5.90 Å². The molecule has 5 N–H and O–H groups in total. The van der Waals surface area contributed by atoms with Crippen LogP contribution in [0.3, 0.4) is 0 Å². The van der Waals surface area contributed by atoms with Gasteiger partial charge in [0.25, 0.3) is 5.91 Å². The molecule has 2 amide bonds. The fourth-order valence-corrected chi connectivity index (χ4v) is 2.15. The summed E-state index contributed by atoms with van der Waals surface area (Å²) in [5.74, 6) is 3.72. The zero-order valence-electron chi connectivity index (χ0n) is 13.2. The van der Waals surface area contributed by atoms with Crippen molar-refractivity contribution >= 4 is 17.8 Å². The number of amides is 2. The molecule has 0 bridgehead atoms. The van der Waals surface area contributed by atoms with E-state index in [0.29, 0.717) is 25.8 Å². The van der Waals surface area contributed by atoms with Gasteiger partial charge < -0.3 is 15.5 Å². The van der Waals surface area contributed by atoms with E-state index in [1.807, 2.05) is 6.92 Å². The minimum absolute atomic E-state index is 0.252. The molecule has 0 aromatic rings. The second-order valence-corrected chi connectivity index (χ2v) is 5.23. The SMILES string of the molecule is CCC(NC(=O)C(C)NC)C(=O)N1CCCC(C(=O)ON)N1. The summed E-state index contributed by atoms with van der Waals surface area (Å²) in [6.45, 7) is 3.97. The van der Waals surface area contributed by atoms with E-state index in [0.717, 1.165) is 0 Å². The number of nitrogens with one attached hydrogen (secondary N) is 3. The zero-order valence-corrected chi connectivity index (χ0v) is 13.2. The number of nitrogens with two attached hydrogens (primary N) is 1. The maximum Gasteiger partial charge on any atom is 0.343 e. The van der Waals surface area contributed by atoms with Gasteiger partial charge in [-0.25, -0.2) is 10.2 Å². The lowest BCUT2D eigenvalue weighted by Crippen LogP contribution is -2.60. The summed E-state index contributed by atoms with van der Waals surface area (Å²) in [5.41, 5.74) is 2.80. The monoisotopic (exact) mass is 315 g/mol. The van der Waals surface area contributed by atoms with Crippen molar-refractivity contribution in [3.63, 3.8) is 0 Å². The Morgan fingerprint density at radius 2 is 2.14 bits per heavy atom. The van der Waals surface area contributed by atoms with E-state index in [-0.39, 0.29) is 11.8 Å². The van der Waals surface area contributed by atoms with E-state index in [2.05, 4.69) is 20.9 Å². The van der Waals surface area contributed by atoms with Gasteiger partial charge in [-0.3, -0.25) is 14.6 Å². The first-order valence-corrected chi connectivity index (χ1v) is 7.40. The van der Waals surface area contributed by atoms with Crippen LogP contribution in [0.25, 0.3) is 0 Å². The molecule has 1 aliphatic heterocycles. The van der Waals surface area contributed by atoms with Crippen molar-refractivity contribution in [2.45, 2.75) is 51.2 Å². The van der Waals surface area contributed by atoms with Gasteiger partial charge in [-0.05, 0) is 33.2 Å². The summed E-state index contributed by atoms with van der Waals surface area (Å²) in [6, 6.07) is -1.69. The Morgan fingerprint density at radius 3 is 2.68 bits per heavy atom. The Labute approximate surface area is 129 Å². The molecule has 9 heteroatoms. The Morgan fingerprint density at radius 1 is 1.45 bits per heavy atom. The Kier molecular flexibility index (Phi) is 7.22. The van der Waals surface area contributed by atoms with Crippen LogP contribution in [0, 0.1) is 0 Å². The van der Waals surface area contributed by atoms with Gasteiger partial charge in [0.15, 0.2) is 0 Å². The highest BCUT2D eigenvalue weighted by Gasteiger charge is 2.32. The van der Waals surface area contributed by atoms with E-state index < -0.39 is 24.1 Å². The average molecular weight is 315 g/mol. The van der Waals surface area contributed by atoms with E-state index in [1.165, 1.54) is 5.01 Å². The molecule has 126 valence electrons. The molecule has 0 aromatic carbocycles. The van der Waals surface area contributed by atoms with Crippen LogP contribution >= 0.6 is 0 Å². The highest BCUT2D eigenvalue weighted by molar-refractivity contribution is 5.89. The fraction of sp³-hybridized carbons (Fsp3) is 0.769. The molecular formula is C13H25N5O4. The third-order valence-electron chi connectivity index (χ3n) is 3.70.